The molecule has 0 saturated heterocycles. The Morgan fingerprint density at radius 3 is 1.96 bits per heavy atom. The third-order valence-electron chi connectivity index (χ3n) is 9.57. The van der Waals surface area contributed by atoms with E-state index in [1.807, 2.05) is 11.3 Å². The molecule has 4 heterocycles. The van der Waals surface area contributed by atoms with Gasteiger partial charge in [-0.3, -0.25) is 4.57 Å². The second kappa shape index (κ2) is 9.46. The van der Waals surface area contributed by atoms with Crippen molar-refractivity contribution in [2.45, 2.75) is 0 Å². The van der Waals surface area contributed by atoms with Crippen molar-refractivity contribution < 1.29 is 0 Å². The fourth-order valence-corrected chi connectivity index (χ4v) is 9.93. The summed E-state index contributed by atoms with van der Waals surface area (Å²) in [5.74, 6) is 1.66. The molecule has 218 valence electrons. The highest BCUT2D eigenvalue weighted by Crippen LogP contribution is 2.49. The van der Waals surface area contributed by atoms with E-state index in [1.165, 1.54) is 62.7 Å². The van der Waals surface area contributed by atoms with Gasteiger partial charge < -0.3 is 0 Å². The van der Waals surface area contributed by atoms with Gasteiger partial charge in [0.1, 0.15) is 0 Å². The van der Waals surface area contributed by atoms with Crippen molar-refractivity contribution >= 4 is 106 Å². The predicted octanol–water partition coefficient (Wildman–Crippen LogP) is 12.3. The Kier molecular flexibility index (Phi) is 5.14. The molecular weight excluding hydrogens is 611 g/mol. The molecule has 0 aliphatic carbocycles. The van der Waals surface area contributed by atoms with Gasteiger partial charge in [-0.05, 0) is 40.4 Å². The lowest BCUT2D eigenvalue weighted by atomic mass is 10.00. The molecule has 0 aliphatic rings. The fourth-order valence-electron chi connectivity index (χ4n) is 7.53. The van der Waals surface area contributed by atoms with E-state index >= 15 is 0 Å². The zero-order valence-electron chi connectivity index (χ0n) is 24.9. The first-order valence-corrected chi connectivity index (χ1v) is 17.4. The zero-order chi connectivity index (χ0) is 30.6. The van der Waals surface area contributed by atoms with Crippen molar-refractivity contribution in [3.8, 4) is 17.2 Å². The number of nitrogens with zero attached hydrogens (tertiary/aromatic N) is 3. The van der Waals surface area contributed by atoms with Crippen LogP contribution in [0.3, 0.4) is 0 Å². The summed E-state index contributed by atoms with van der Waals surface area (Å²) in [5.41, 5.74) is 4.36. The minimum absolute atomic E-state index is 0.736. The SMILES string of the molecule is c1ccc2cc(-c3nc(-n4c5ccccc5c5c6sc7ccccc7c6c6ccccc6c54)c4sc5ccccc5c4n3)ccc2c1. The lowest BCUT2D eigenvalue weighted by Gasteiger charge is -2.13. The van der Waals surface area contributed by atoms with Gasteiger partial charge in [0.05, 0.1) is 21.3 Å². The molecule has 7 aromatic carbocycles. The number of hydrogen-bond donors (Lipinski definition) is 0. The smallest absolute Gasteiger partial charge is 0.162 e. The molecule has 0 saturated carbocycles. The van der Waals surface area contributed by atoms with Gasteiger partial charge in [0, 0.05) is 52.0 Å². The zero-order valence-corrected chi connectivity index (χ0v) is 26.6. The highest BCUT2D eigenvalue weighted by Gasteiger charge is 2.25. The van der Waals surface area contributed by atoms with Gasteiger partial charge in [-0.15, -0.1) is 22.7 Å². The average molecular weight is 634 g/mol. The maximum Gasteiger partial charge on any atom is 0.162 e. The Morgan fingerprint density at radius 1 is 0.468 bits per heavy atom. The highest BCUT2D eigenvalue weighted by molar-refractivity contribution is 7.27. The van der Waals surface area contributed by atoms with E-state index in [0.717, 1.165) is 38.3 Å². The van der Waals surface area contributed by atoms with Crippen LogP contribution in [0.2, 0.25) is 0 Å². The largest absolute Gasteiger partial charge is 0.292 e. The molecule has 0 aliphatic heterocycles. The number of fused-ring (bicyclic) bond motifs is 14. The number of hydrogen-bond acceptors (Lipinski definition) is 4. The van der Waals surface area contributed by atoms with Crippen molar-refractivity contribution in [2.75, 3.05) is 0 Å². The van der Waals surface area contributed by atoms with Crippen LogP contribution in [-0.4, -0.2) is 14.5 Å². The molecule has 0 atom stereocenters. The lowest BCUT2D eigenvalue weighted by molar-refractivity contribution is 1.08. The summed E-state index contributed by atoms with van der Waals surface area (Å²) in [6.07, 6.45) is 0. The van der Waals surface area contributed by atoms with Crippen LogP contribution in [0.1, 0.15) is 0 Å². The molecule has 0 radical (unpaired) electrons. The van der Waals surface area contributed by atoms with Gasteiger partial charge in [0.25, 0.3) is 0 Å². The monoisotopic (exact) mass is 633 g/mol. The van der Waals surface area contributed by atoms with Crippen molar-refractivity contribution in [3.63, 3.8) is 0 Å². The Hall–Kier alpha value is -5.62. The Balaban J connectivity index is 1.36. The van der Waals surface area contributed by atoms with E-state index in [9.17, 15) is 0 Å². The first-order chi connectivity index (χ1) is 23.3. The molecule has 47 heavy (non-hydrogen) atoms. The first-order valence-electron chi connectivity index (χ1n) is 15.8. The number of aromatic nitrogens is 3. The van der Waals surface area contributed by atoms with Gasteiger partial charge in [0.2, 0.25) is 0 Å². The quantitative estimate of drug-likeness (QED) is 0.190. The van der Waals surface area contributed by atoms with E-state index in [-0.39, 0.29) is 0 Å². The molecule has 4 aromatic heterocycles. The summed E-state index contributed by atoms with van der Waals surface area (Å²) < 4.78 is 7.38. The van der Waals surface area contributed by atoms with E-state index < -0.39 is 0 Å². The topological polar surface area (TPSA) is 30.7 Å². The summed E-state index contributed by atoms with van der Waals surface area (Å²) in [7, 11) is 0. The summed E-state index contributed by atoms with van der Waals surface area (Å²) in [5, 5.41) is 11.2. The molecule has 0 N–H and O–H groups in total. The average Bonchev–Trinajstić information content (AvgIpc) is 3.81. The van der Waals surface area contributed by atoms with Crippen LogP contribution >= 0.6 is 22.7 Å². The molecule has 0 fully saturated rings. The van der Waals surface area contributed by atoms with Crippen molar-refractivity contribution in [3.05, 3.63) is 140 Å². The second-order valence-electron chi connectivity index (χ2n) is 12.1. The van der Waals surface area contributed by atoms with Crippen molar-refractivity contribution in [2.24, 2.45) is 0 Å². The van der Waals surface area contributed by atoms with Gasteiger partial charge in [-0.25, -0.2) is 9.97 Å². The van der Waals surface area contributed by atoms with Crippen LogP contribution < -0.4 is 0 Å². The van der Waals surface area contributed by atoms with E-state index in [0.29, 0.717) is 0 Å². The summed E-state index contributed by atoms with van der Waals surface area (Å²) in [6.45, 7) is 0. The molecule has 11 aromatic rings. The molecule has 0 amide bonds. The number of thiophene rings is 2. The van der Waals surface area contributed by atoms with E-state index in [2.05, 4.69) is 144 Å². The minimum atomic E-state index is 0.736. The minimum Gasteiger partial charge on any atom is -0.292 e. The normalized spacial score (nSPS) is 12.3. The molecule has 5 heteroatoms. The van der Waals surface area contributed by atoms with Crippen molar-refractivity contribution in [1.82, 2.24) is 14.5 Å². The lowest BCUT2D eigenvalue weighted by Crippen LogP contribution is -2.02. The Morgan fingerprint density at radius 2 is 1.11 bits per heavy atom. The standard InChI is InChI=1S/C42H23N3S2/c1-2-12-25-23-26(22-21-24(25)11-1)41-43-37-31-17-7-10-20-34(31)47-40(37)42(44-41)45-32-18-8-5-15-29(32)36-38(45)28-14-4-3-13-27(28)35-30-16-6-9-19-33(30)46-39(35)36/h1-23H. The summed E-state index contributed by atoms with van der Waals surface area (Å²) in [6, 6.07) is 50.2. The Labute approximate surface area is 276 Å². The molecular formula is C42H23N3S2. The van der Waals surface area contributed by atoms with Gasteiger partial charge >= 0.3 is 0 Å². The van der Waals surface area contributed by atoms with Crippen LogP contribution in [0.5, 0.6) is 0 Å². The van der Waals surface area contributed by atoms with Crippen LogP contribution in [0, 0.1) is 0 Å². The highest BCUT2D eigenvalue weighted by atomic mass is 32.1. The molecule has 0 unspecified atom stereocenters. The first kappa shape index (κ1) is 25.6. The Bertz CT molecular complexity index is 3090. The molecule has 11 rings (SSSR count). The van der Waals surface area contributed by atoms with Crippen LogP contribution in [0.15, 0.2) is 140 Å². The molecule has 0 bridgehead atoms. The number of benzene rings is 7. The van der Waals surface area contributed by atoms with E-state index in [1.54, 1.807) is 11.3 Å². The predicted molar refractivity (Wildman–Crippen MR) is 203 cm³/mol. The van der Waals surface area contributed by atoms with Crippen molar-refractivity contribution in [1.29, 1.82) is 0 Å². The third kappa shape index (κ3) is 3.50. The van der Waals surface area contributed by atoms with Gasteiger partial charge in [-0.1, -0.05) is 115 Å². The number of rotatable bonds is 2. The van der Waals surface area contributed by atoms with Crippen LogP contribution in [0.25, 0.3) is 101 Å². The van der Waals surface area contributed by atoms with Gasteiger partial charge in [0.15, 0.2) is 11.6 Å². The van der Waals surface area contributed by atoms with Crippen LogP contribution in [-0.2, 0) is 0 Å². The van der Waals surface area contributed by atoms with Crippen LogP contribution in [0.4, 0.5) is 0 Å². The maximum absolute atomic E-state index is 5.51. The third-order valence-corrected chi connectivity index (χ3v) is 11.9. The van der Waals surface area contributed by atoms with E-state index in [4.69, 9.17) is 9.97 Å². The van der Waals surface area contributed by atoms with Gasteiger partial charge in [-0.2, -0.15) is 0 Å². The fraction of sp³-hybridized carbons (Fsp3) is 0. The number of para-hydroxylation sites is 1. The second-order valence-corrected chi connectivity index (χ2v) is 14.2. The maximum atomic E-state index is 5.51. The molecule has 0 spiro atoms. The summed E-state index contributed by atoms with van der Waals surface area (Å²) in [4.78, 5) is 10.8. The molecule has 3 nitrogen and oxygen atoms in total. The summed E-state index contributed by atoms with van der Waals surface area (Å²) >= 11 is 3.67.